The molecule has 0 spiro atoms. The molecule has 5 saturated heterocycles. The molecule has 7 rings (SSSR count). The lowest BCUT2D eigenvalue weighted by atomic mass is 9.97. The average Bonchev–Trinajstić information content (AvgIpc) is 3.43. The van der Waals surface area contributed by atoms with Gasteiger partial charge in [0.2, 0.25) is 5.95 Å². The molecule has 11 heteroatoms. The van der Waals surface area contributed by atoms with Gasteiger partial charge < -0.3 is 29.7 Å². The van der Waals surface area contributed by atoms with Crippen LogP contribution in [0, 0.1) is 11.8 Å². The number of rotatable bonds is 5. The van der Waals surface area contributed by atoms with Gasteiger partial charge in [0.05, 0.1) is 37.7 Å². The van der Waals surface area contributed by atoms with Crippen LogP contribution in [0.4, 0.5) is 26.4 Å². The Morgan fingerprint density at radius 3 is 2.55 bits per heavy atom. The molecule has 0 amide bonds. The number of alkyl halides is 2. The van der Waals surface area contributed by atoms with Gasteiger partial charge in [-0.2, -0.15) is 13.8 Å². The van der Waals surface area contributed by atoms with Gasteiger partial charge >= 0.3 is 6.61 Å². The summed E-state index contributed by atoms with van der Waals surface area (Å²) in [6.07, 6.45) is 3.84. The van der Waals surface area contributed by atoms with Gasteiger partial charge in [-0.3, -0.25) is 0 Å². The minimum absolute atomic E-state index is 0.0913. The van der Waals surface area contributed by atoms with E-state index in [1.165, 1.54) is 12.3 Å². The molecule has 5 aliphatic heterocycles. The largest absolute Gasteiger partial charge is 0.431 e. The van der Waals surface area contributed by atoms with Crippen LogP contribution in [0.3, 0.4) is 0 Å². The lowest BCUT2D eigenvalue weighted by Crippen LogP contribution is -2.55. The SMILES string of the molecule is Nc1ncc(-c2cc(N3C[C@@H]4CC[C@H]3CO4)nc(N3C[C@H]4COC[C@H]4C3)n2)cc1OC(F)F. The molecule has 0 unspecified atom stereocenters. The van der Waals surface area contributed by atoms with Crippen LogP contribution in [0.1, 0.15) is 12.8 Å². The van der Waals surface area contributed by atoms with Crippen molar-refractivity contribution in [2.75, 3.05) is 55.0 Å². The predicted octanol–water partition coefficient (Wildman–Crippen LogP) is 2.17. The third-order valence-electron chi connectivity index (χ3n) is 7.10. The van der Waals surface area contributed by atoms with E-state index in [1.807, 2.05) is 6.07 Å². The van der Waals surface area contributed by atoms with E-state index in [0.717, 1.165) is 51.5 Å². The van der Waals surface area contributed by atoms with Gasteiger partial charge in [-0.25, -0.2) is 9.97 Å². The van der Waals surface area contributed by atoms with Crippen molar-refractivity contribution in [2.45, 2.75) is 31.6 Å². The van der Waals surface area contributed by atoms with Crippen molar-refractivity contribution in [1.29, 1.82) is 0 Å². The normalized spacial score (nSPS) is 28.6. The van der Waals surface area contributed by atoms with Crippen molar-refractivity contribution in [3.8, 4) is 17.0 Å². The van der Waals surface area contributed by atoms with Gasteiger partial charge in [-0.15, -0.1) is 0 Å². The smallest absolute Gasteiger partial charge is 0.387 e. The molecule has 2 aromatic heterocycles. The molecule has 176 valence electrons. The minimum Gasteiger partial charge on any atom is -0.431 e. The lowest BCUT2D eigenvalue weighted by molar-refractivity contribution is -0.0494. The highest BCUT2D eigenvalue weighted by Crippen LogP contribution is 2.36. The number of ether oxygens (including phenoxy) is 3. The highest BCUT2D eigenvalue weighted by molar-refractivity contribution is 5.68. The molecule has 0 aromatic carbocycles. The number of hydrogen-bond acceptors (Lipinski definition) is 9. The van der Waals surface area contributed by atoms with Crippen molar-refractivity contribution in [3.05, 3.63) is 18.3 Å². The van der Waals surface area contributed by atoms with Gasteiger partial charge in [0.1, 0.15) is 5.82 Å². The van der Waals surface area contributed by atoms with Crippen molar-refractivity contribution in [3.63, 3.8) is 0 Å². The fourth-order valence-electron chi connectivity index (χ4n) is 5.33. The van der Waals surface area contributed by atoms with Crippen molar-refractivity contribution in [1.82, 2.24) is 15.0 Å². The molecule has 9 nitrogen and oxygen atoms in total. The Labute approximate surface area is 189 Å². The van der Waals surface area contributed by atoms with Crippen molar-refractivity contribution >= 4 is 17.6 Å². The Balaban J connectivity index is 1.39. The van der Waals surface area contributed by atoms with Crippen LogP contribution >= 0.6 is 0 Å². The molecule has 0 radical (unpaired) electrons. The van der Waals surface area contributed by atoms with Crippen LogP contribution in [0.25, 0.3) is 11.3 Å². The standard InChI is InChI=1S/C22H26F2N6O3/c23-21(24)33-18-3-12(5-26-20(18)25)17-4-19(30-8-16-2-1-15(30)11-32-16)28-22(27-17)29-6-13-9-31-10-14(13)7-29/h3-5,13-16,21H,1-2,6-11H2,(H2,25,26)/t13-,14+,15-,16-/m0/s1. The average molecular weight is 460 g/mol. The first-order valence-corrected chi connectivity index (χ1v) is 11.3. The maximum Gasteiger partial charge on any atom is 0.387 e. The molecule has 4 atom stereocenters. The van der Waals surface area contributed by atoms with E-state index in [1.54, 1.807) is 0 Å². The number of fused-ring (bicyclic) bond motifs is 4. The molecule has 2 N–H and O–H groups in total. The molecule has 2 bridgehead atoms. The summed E-state index contributed by atoms with van der Waals surface area (Å²) in [5.41, 5.74) is 6.88. The second-order valence-electron chi connectivity index (χ2n) is 9.20. The molecule has 0 saturated carbocycles. The monoisotopic (exact) mass is 460 g/mol. The number of aromatic nitrogens is 3. The van der Waals surface area contributed by atoms with E-state index in [-0.39, 0.29) is 23.7 Å². The zero-order valence-corrected chi connectivity index (χ0v) is 18.1. The highest BCUT2D eigenvalue weighted by Gasteiger charge is 2.39. The number of morpholine rings is 1. The molecule has 0 aliphatic carbocycles. The topological polar surface area (TPSA) is 98.9 Å². The molecule has 5 fully saturated rings. The first-order chi connectivity index (χ1) is 16.0. The van der Waals surface area contributed by atoms with Gasteiger partial charge in [-0.05, 0) is 18.9 Å². The van der Waals surface area contributed by atoms with Gasteiger partial charge in [0.15, 0.2) is 11.6 Å². The third-order valence-corrected chi connectivity index (χ3v) is 7.10. The summed E-state index contributed by atoms with van der Waals surface area (Å²) in [6.45, 7) is 1.66. The molecule has 7 heterocycles. The summed E-state index contributed by atoms with van der Waals surface area (Å²) >= 11 is 0. The van der Waals surface area contributed by atoms with Crippen LogP contribution in [0.2, 0.25) is 0 Å². The first kappa shape index (κ1) is 20.8. The van der Waals surface area contributed by atoms with Crippen LogP contribution in [0.5, 0.6) is 5.75 Å². The molecule has 33 heavy (non-hydrogen) atoms. The Morgan fingerprint density at radius 2 is 1.88 bits per heavy atom. The van der Waals surface area contributed by atoms with E-state index in [4.69, 9.17) is 25.2 Å². The lowest BCUT2D eigenvalue weighted by Gasteiger charge is -2.45. The summed E-state index contributed by atoms with van der Waals surface area (Å²) in [4.78, 5) is 18.3. The van der Waals surface area contributed by atoms with E-state index in [9.17, 15) is 8.78 Å². The number of pyridine rings is 1. The molecule has 5 aliphatic rings. The summed E-state index contributed by atoms with van der Waals surface area (Å²) in [5.74, 6) is 2.14. The fraction of sp³-hybridized carbons (Fsp3) is 0.591. The van der Waals surface area contributed by atoms with Crippen LogP contribution in [0.15, 0.2) is 18.3 Å². The highest BCUT2D eigenvalue weighted by atomic mass is 19.3. The minimum atomic E-state index is -2.99. The number of nitrogens with zero attached hydrogens (tertiary/aromatic N) is 5. The molecule has 2 aromatic rings. The predicted molar refractivity (Wildman–Crippen MR) is 116 cm³/mol. The van der Waals surface area contributed by atoms with Crippen molar-refractivity contribution < 1.29 is 23.0 Å². The quantitative estimate of drug-likeness (QED) is 0.720. The van der Waals surface area contributed by atoms with E-state index >= 15 is 0 Å². The molecular formula is C22H26F2N6O3. The molecular weight excluding hydrogens is 434 g/mol. The van der Waals surface area contributed by atoms with E-state index < -0.39 is 6.61 Å². The fourth-order valence-corrected chi connectivity index (χ4v) is 5.33. The van der Waals surface area contributed by atoms with Crippen LogP contribution in [-0.2, 0) is 9.47 Å². The maximum absolute atomic E-state index is 12.8. The number of nitrogens with two attached hydrogens (primary N) is 1. The van der Waals surface area contributed by atoms with Crippen LogP contribution in [-0.4, -0.2) is 73.2 Å². The Bertz CT molecular complexity index is 1020. The third kappa shape index (κ3) is 3.93. The van der Waals surface area contributed by atoms with Crippen LogP contribution < -0.4 is 20.3 Å². The summed E-state index contributed by atoms with van der Waals surface area (Å²) in [6, 6.07) is 3.62. The van der Waals surface area contributed by atoms with Crippen molar-refractivity contribution in [2.24, 2.45) is 11.8 Å². The van der Waals surface area contributed by atoms with Gasteiger partial charge in [0, 0.05) is 49.3 Å². The maximum atomic E-state index is 12.8. The number of nitrogen functional groups attached to an aromatic ring is 1. The number of hydrogen-bond donors (Lipinski definition) is 1. The zero-order valence-electron chi connectivity index (χ0n) is 18.1. The van der Waals surface area contributed by atoms with E-state index in [0.29, 0.717) is 35.6 Å². The summed E-state index contributed by atoms with van der Waals surface area (Å²) < 4.78 is 41.7. The Hall–Kier alpha value is -2.79. The number of piperidine rings is 1. The first-order valence-electron chi connectivity index (χ1n) is 11.3. The van der Waals surface area contributed by atoms with Gasteiger partial charge in [0.25, 0.3) is 0 Å². The van der Waals surface area contributed by atoms with Gasteiger partial charge in [-0.1, -0.05) is 0 Å². The summed E-state index contributed by atoms with van der Waals surface area (Å²) in [7, 11) is 0. The Morgan fingerprint density at radius 1 is 1.06 bits per heavy atom. The second-order valence-corrected chi connectivity index (χ2v) is 9.20. The Kier molecular flexibility index (Phi) is 5.17. The van der Waals surface area contributed by atoms with E-state index in [2.05, 4.69) is 19.5 Å². The number of halogens is 2. The number of anilines is 3. The zero-order chi connectivity index (χ0) is 22.5. The second kappa shape index (κ2) is 8.21. The summed E-state index contributed by atoms with van der Waals surface area (Å²) in [5, 5.41) is 0.